The summed E-state index contributed by atoms with van der Waals surface area (Å²) in [5, 5.41) is 3.01. The van der Waals surface area contributed by atoms with E-state index < -0.39 is 0 Å². The Morgan fingerprint density at radius 3 is 2.54 bits per heavy atom. The lowest BCUT2D eigenvalue weighted by Gasteiger charge is -2.32. The zero-order valence-electron chi connectivity index (χ0n) is 13.6. The van der Waals surface area contributed by atoms with Gasteiger partial charge < -0.3 is 5.32 Å². The van der Waals surface area contributed by atoms with Crippen molar-refractivity contribution < 1.29 is 4.79 Å². The summed E-state index contributed by atoms with van der Waals surface area (Å²) in [5.41, 5.74) is 6.75. The van der Waals surface area contributed by atoms with Crippen LogP contribution in [0.4, 0.5) is 10.6 Å². The molecular weight excluding hydrogens is 302 g/mol. The minimum Gasteiger partial charge on any atom is -0.334 e. The zero-order chi connectivity index (χ0) is 16.6. The molecule has 1 saturated heterocycles. The van der Waals surface area contributed by atoms with E-state index in [4.69, 9.17) is 0 Å². The maximum absolute atomic E-state index is 11.9. The van der Waals surface area contributed by atoms with Crippen LogP contribution in [-0.2, 0) is 6.54 Å². The fourth-order valence-corrected chi connectivity index (χ4v) is 2.86. The van der Waals surface area contributed by atoms with E-state index in [-0.39, 0.29) is 12.1 Å². The Bertz CT molecular complexity index is 626. The van der Waals surface area contributed by atoms with Gasteiger partial charge in [-0.05, 0) is 30.5 Å². The van der Waals surface area contributed by atoms with Crippen molar-refractivity contribution in [3.8, 4) is 0 Å². The number of urea groups is 1. The number of nitrogens with zero attached hydrogens (tertiary/aromatic N) is 2. The predicted octanol–water partition coefficient (Wildman–Crippen LogP) is 2.37. The van der Waals surface area contributed by atoms with E-state index in [1.54, 1.807) is 12.3 Å². The van der Waals surface area contributed by atoms with Crippen molar-refractivity contribution in [1.29, 1.82) is 0 Å². The molecule has 0 unspecified atom stereocenters. The number of nitrogens with one attached hydrogen (secondary N) is 3. The summed E-state index contributed by atoms with van der Waals surface area (Å²) in [6, 6.07) is 16.0. The second kappa shape index (κ2) is 8.31. The Morgan fingerprint density at radius 1 is 1.08 bits per heavy atom. The summed E-state index contributed by atoms with van der Waals surface area (Å²) < 4.78 is 0. The maximum atomic E-state index is 11.9. The lowest BCUT2D eigenvalue weighted by atomic mass is 10.0. The molecule has 2 heterocycles. The lowest BCUT2D eigenvalue weighted by Crippen LogP contribution is -2.48. The van der Waals surface area contributed by atoms with Gasteiger partial charge in [-0.3, -0.25) is 15.8 Å². The third-order valence-corrected chi connectivity index (χ3v) is 4.14. The van der Waals surface area contributed by atoms with Crippen LogP contribution in [0.1, 0.15) is 18.4 Å². The molecule has 3 N–H and O–H groups in total. The van der Waals surface area contributed by atoms with Gasteiger partial charge in [0.05, 0.1) is 0 Å². The van der Waals surface area contributed by atoms with Gasteiger partial charge in [-0.1, -0.05) is 36.4 Å². The van der Waals surface area contributed by atoms with Crippen LogP contribution in [0.25, 0.3) is 0 Å². The van der Waals surface area contributed by atoms with Crippen molar-refractivity contribution in [2.24, 2.45) is 0 Å². The first kappa shape index (κ1) is 16.3. The van der Waals surface area contributed by atoms with Gasteiger partial charge in [-0.25, -0.2) is 9.78 Å². The molecule has 0 bridgehead atoms. The molecule has 6 heteroatoms. The van der Waals surface area contributed by atoms with Crippen LogP contribution in [0.2, 0.25) is 0 Å². The summed E-state index contributed by atoms with van der Waals surface area (Å²) in [4.78, 5) is 18.4. The molecule has 0 atom stereocenters. The normalized spacial score (nSPS) is 15.7. The third kappa shape index (κ3) is 4.96. The van der Waals surface area contributed by atoms with E-state index in [2.05, 4.69) is 50.3 Å². The van der Waals surface area contributed by atoms with E-state index in [0.29, 0.717) is 5.82 Å². The van der Waals surface area contributed by atoms with Crippen molar-refractivity contribution in [1.82, 2.24) is 20.6 Å². The molecule has 0 radical (unpaired) electrons. The molecule has 1 aromatic heterocycles. The number of anilines is 1. The lowest BCUT2D eigenvalue weighted by molar-refractivity contribution is 0.187. The Labute approximate surface area is 142 Å². The number of carbonyl (C=O) groups excluding carboxylic acids is 1. The second-order valence-electron chi connectivity index (χ2n) is 5.97. The fourth-order valence-electron chi connectivity index (χ4n) is 2.86. The average Bonchev–Trinajstić information content (AvgIpc) is 2.63. The highest BCUT2D eigenvalue weighted by atomic mass is 16.2. The summed E-state index contributed by atoms with van der Waals surface area (Å²) in [5.74, 6) is 0.616. The van der Waals surface area contributed by atoms with Gasteiger partial charge in [0, 0.05) is 31.9 Å². The second-order valence-corrected chi connectivity index (χ2v) is 5.97. The molecule has 126 valence electrons. The van der Waals surface area contributed by atoms with E-state index in [0.717, 1.165) is 32.5 Å². The largest absolute Gasteiger partial charge is 0.334 e. The maximum Gasteiger partial charge on any atom is 0.333 e. The highest BCUT2D eigenvalue weighted by Crippen LogP contribution is 2.13. The Hall–Kier alpha value is -2.60. The van der Waals surface area contributed by atoms with Crippen LogP contribution < -0.4 is 16.2 Å². The predicted molar refractivity (Wildman–Crippen MR) is 94.3 cm³/mol. The smallest absolute Gasteiger partial charge is 0.333 e. The Balaban J connectivity index is 1.36. The molecule has 1 aliphatic heterocycles. The highest BCUT2D eigenvalue weighted by molar-refractivity contribution is 5.75. The van der Waals surface area contributed by atoms with Crippen LogP contribution in [0, 0.1) is 0 Å². The molecule has 0 aliphatic carbocycles. The molecule has 3 rings (SSSR count). The van der Waals surface area contributed by atoms with Gasteiger partial charge in [0.2, 0.25) is 0 Å². The van der Waals surface area contributed by atoms with Crippen LogP contribution in [0.5, 0.6) is 0 Å². The van der Waals surface area contributed by atoms with E-state index in [9.17, 15) is 4.79 Å². The molecule has 1 aromatic carbocycles. The number of amides is 2. The summed E-state index contributed by atoms with van der Waals surface area (Å²) in [7, 11) is 0. The first-order valence-corrected chi connectivity index (χ1v) is 8.29. The van der Waals surface area contributed by atoms with Crippen molar-refractivity contribution in [2.75, 3.05) is 18.5 Å². The molecule has 1 fully saturated rings. The Morgan fingerprint density at radius 2 is 1.83 bits per heavy atom. The number of rotatable bonds is 5. The average molecular weight is 325 g/mol. The number of carbonyl (C=O) groups is 1. The molecule has 24 heavy (non-hydrogen) atoms. The van der Waals surface area contributed by atoms with Gasteiger partial charge >= 0.3 is 6.03 Å². The molecule has 2 amide bonds. The van der Waals surface area contributed by atoms with E-state index in [1.807, 2.05) is 18.2 Å². The van der Waals surface area contributed by atoms with Gasteiger partial charge in [0.1, 0.15) is 5.82 Å². The summed E-state index contributed by atoms with van der Waals surface area (Å²) in [6.07, 6.45) is 3.60. The highest BCUT2D eigenvalue weighted by Gasteiger charge is 2.20. The number of piperidine rings is 1. The molecule has 0 saturated carbocycles. The standard InChI is InChI=1S/C18H23N5O/c24-18(22-21-17-8-4-5-11-19-17)20-16-9-12-23(13-10-16)14-15-6-2-1-3-7-15/h1-8,11,16H,9-10,12-14H2,(H,19,21)(H2,20,22,24). The minimum absolute atomic E-state index is 0.211. The van der Waals surface area contributed by atoms with E-state index >= 15 is 0 Å². The van der Waals surface area contributed by atoms with Gasteiger partial charge in [-0.2, -0.15) is 0 Å². The summed E-state index contributed by atoms with van der Waals surface area (Å²) >= 11 is 0. The monoisotopic (exact) mass is 325 g/mol. The van der Waals surface area contributed by atoms with Crippen molar-refractivity contribution in [3.05, 3.63) is 60.3 Å². The topological polar surface area (TPSA) is 69.3 Å². The fraction of sp³-hybridized carbons (Fsp3) is 0.333. The number of benzene rings is 1. The van der Waals surface area contributed by atoms with Crippen molar-refractivity contribution in [3.63, 3.8) is 0 Å². The molecular formula is C18H23N5O. The molecule has 6 nitrogen and oxygen atoms in total. The van der Waals surface area contributed by atoms with Crippen LogP contribution >= 0.6 is 0 Å². The number of hydrogen-bond acceptors (Lipinski definition) is 4. The third-order valence-electron chi connectivity index (χ3n) is 4.14. The van der Waals surface area contributed by atoms with Crippen LogP contribution in [-0.4, -0.2) is 35.0 Å². The zero-order valence-corrected chi connectivity index (χ0v) is 13.6. The van der Waals surface area contributed by atoms with Crippen molar-refractivity contribution >= 4 is 11.8 Å². The number of likely N-dealkylation sites (tertiary alicyclic amines) is 1. The minimum atomic E-state index is -0.220. The first-order chi connectivity index (χ1) is 11.8. The van der Waals surface area contributed by atoms with Gasteiger partial charge in [-0.15, -0.1) is 0 Å². The Kier molecular flexibility index (Phi) is 5.63. The number of aromatic nitrogens is 1. The van der Waals surface area contributed by atoms with Gasteiger partial charge in [0.15, 0.2) is 0 Å². The SMILES string of the molecule is O=C(NNc1ccccn1)NC1CCN(Cc2ccccc2)CC1. The number of hydrazine groups is 1. The molecule has 2 aromatic rings. The number of hydrogen-bond donors (Lipinski definition) is 3. The molecule has 1 aliphatic rings. The van der Waals surface area contributed by atoms with Crippen LogP contribution in [0.15, 0.2) is 54.7 Å². The first-order valence-electron chi connectivity index (χ1n) is 8.29. The van der Waals surface area contributed by atoms with Crippen LogP contribution in [0.3, 0.4) is 0 Å². The number of pyridine rings is 1. The molecule has 0 spiro atoms. The summed E-state index contributed by atoms with van der Waals surface area (Å²) in [6.45, 7) is 2.96. The quantitative estimate of drug-likeness (QED) is 0.738. The van der Waals surface area contributed by atoms with E-state index in [1.165, 1.54) is 5.56 Å². The van der Waals surface area contributed by atoms with Crippen molar-refractivity contribution in [2.45, 2.75) is 25.4 Å². The van der Waals surface area contributed by atoms with Gasteiger partial charge in [0.25, 0.3) is 0 Å².